The van der Waals surface area contributed by atoms with Gasteiger partial charge < -0.3 is 15.2 Å². The molecule has 0 saturated heterocycles. The van der Waals surface area contributed by atoms with E-state index in [1.807, 2.05) is 38.1 Å². The van der Waals surface area contributed by atoms with Gasteiger partial charge in [0.2, 0.25) is 11.8 Å². The number of aromatic nitrogens is 2. The third kappa shape index (κ3) is 3.93. The van der Waals surface area contributed by atoms with Crippen molar-refractivity contribution >= 4 is 0 Å². The van der Waals surface area contributed by atoms with Crippen LogP contribution < -0.4 is 15.2 Å². The largest absolute Gasteiger partial charge is 0.475 e. The van der Waals surface area contributed by atoms with Gasteiger partial charge in [0.05, 0.1) is 12.2 Å². The van der Waals surface area contributed by atoms with Gasteiger partial charge in [-0.1, -0.05) is 12.1 Å². The molecule has 0 unspecified atom stereocenters. The van der Waals surface area contributed by atoms with Crippen LogP contribution in [0.2, 0.25) is 0 Å². The molecule has 2 N–H and O–H groups in total. The molecule has 0 fully saturated rings. The van der Waals surface area contributed by atoms with Gasteiger partial charge in [0.15, 0.2) is 0 Å². The summed E-state index contributed by atoms with van der Waals surface area (Å²) in [4.78, 5) is 8.07. The van der Waals surface area contributed by atoms with E-state index in [2.05, 4.69) is 9.97 Å². The van der Waals surface area contributed by atoms with Crippen molar-refractivity contribution in [1.29, 1.82) is 0 Å². The molecule has 2 rings (SSSR count). The first-order valence-electron chi connectivity index (χ1n) is 6.13. The monoisotopic (exact) mass is 259 g/mol. The third-order valence-electron chi connectivity index (χ3n) is 2.35. The van der Waals surface area contributed by atoms with Crippen LogP contribution in [-0.4, -0.2) is 16.1 Å². The van der Waals surface area contributed by atoms with Gasteiger partial charge in [0.1, 0.15) is 12.1 Å². The fourth-order valence-corrected chi connectivity index (χ4v) is 1.50. The van der Waals surface area contributed by atoms with Crippen molar-refractivity contribution in [2.45, 2.75) is 26.5 Å². The second-order valence-electron chi connectivity index (χ2n) is 4.31. The Labute approximate surface area is 112 Å². The average Bonchev–Trinajstić information content (AvgIpc) is 2.39. The minimum Gasteiger partial charge on any atom is -0.475 e. The van der Waals surface area contributed by atoms with Crippen LogP contribution in [-0.2, 0) is 6.54 Å². The van der Waals surface area contributed by atoms with Crippen molar-refractivity contribution in [3.63, 3.8) is 0 Å². The highest BCUT2D eigenvalue weighted by atomic mass is 16.5. The van der Waals surface area contributed by atoms with E-state index in [0.29, 0.717) is 24.1 Å². The molecular weight excluding hydrogens is 242 g/mol. The lowest BCUT2D eigenvalue weighted by atomic mass is 10.2. The summed E-state index contributed by atoms with van der Waals surface area (Å²) in [6, 6.07) is 9.21. The van der Waals surface area contributed by atoms with Gasteiger partial charge in [-0.15, -0.1) is 0 Å². The Balaban J connectivity index is 2.09. The first-order valence-corrected chi connectivity index (χ1v) is 6.13. The van der Waals surface area contributed by atoms with E-state index in [1.165, 1.54) is 6.33 Å². The standard InChI is InChI=1S/C14H17N3O2/c1-10(2)18-13-7-14(17-9-16-13)19-12-5-3-11(8-15)4-6-12/h3-7,9-10H,8,15H2,1-2H3. The van der Waals surface area contributed by atoms with Crippen LogP contribution in [0.4, 0.5) is 0 Å². The summed E-state index contributed by atoms with van der Waals surface area (Å²) in [5.41, 5.74) is 6.60. The molecule has 0 radical (unpaired) electrons. The second-order valence-corrected chi connectivity index (χ2v) is 4.31. The Hall–Kier alpha value is -2.14. The van der Waals surface area contributed by atoms with Gasteiger partial charge in [0.25, 0.3) is 0 Å². The molecule has 1 heterocycles. The van der Waals surface area contributed by atoms with Crippen molar-refractivity contribution in [1.82, 2.24) is 9.97 Å². The lowest BCUT2D eigenvalue weighted by molar-refractivity contribution is 0.231. The number of nitrogens with zero attached hydrogens (tertiary/aromatic N) is 2. The Morgan fingerprint density at radius 2 is 1.79 bits per heavy atom. The Bertz CT molecular complexity index is 526. The van der Waals surface area contributed by atoms with Crippen LogP contribution in [0, 0.1) is 0 Å². The van der Waals surface area contributed by atoms with E-state index in [4.69, 9.17) is 15.2 Å². The molecule has 0 saturated carbocycles. The summed E-state index contributed by atoms with van der Waals surface area (Å²) >= 11 is 0. The summed E-state index contributed by atoms with van der Waals surface area (Å²) in [5.74, 6) is 1.65. The van der Waals surface area contributed by atoms with Crippen molar-refractivity contribution in [3.05, 3.63) is 42.2 Å². The molecule has 0 amide bonds. The van der Waals surface area contributed by atoms with E-state index in [9.17, 15) is 0 Å². The zero-order valence-electron chi connectivity index (χ0n) is 11.0. The second kappa shape index (κ2) is 6.15. The lowest BCUT2D eigenvalue weighted by Crippen LogP contribution is -2.07. The van der Waals surface area contributed by atoms with E-state index in [1.54, 1.807) is 6.07 Å². The fraction of sp³-hybridized carbons (Fsp3) is 0.286. The van der Waals surface area contributed by atoms with Gasteiger partial charge in [-0.3, -0.25) is 0 Å². The third-order valence-corrected chi connectivity index (χ3v) is 2.35. The average molecular weight is 259 g/mol. The van der Waals surface area contributed by atoms with Crippen molar-refractivity contribution in [2.75, 3.05) is 0 Å². The molecule has 0 aliphatic heterocycles. The smallest absolute Gasteiger partial charge is 0.226 e. The maximum atomic E-state index is 5.63. The molecule has 0 aliphatic carbocycles. The van der Waals surface area contributed by atoms with Crippen LogP contribution in [0.15, 0.2) is 36.7 Å². The molecule has 100 valence electrons. The van der Waals surface area contributed by atoms with Gasteiger partial charge in [-0.25, -0.2) is 9.97 Å². The van der Waals surface area contributed by atoms with Crippen molar-refractivity contribution in [3.8, 4) is 17.5 Å². The highest BCUT2D eigenvalue weighted by molar-refractivity contribution is 5.31. The lowest BCUT2D eigenvalue weighted by Gasteiger charge is -2.09. The predicted octanol–water partition coefficient (Wildman–Crippen LogP) is 2.51. The Kier molecular flexibility index (Phi) is 4.30. The number of rotatable bonds is 5. The van der Waals surface area contributed by atoms with Gasteiger partial charge in [-0.2, -0.15) is 0 Å². The van der Waals surface area contributed by atoms with E-state index in [0.717, 1.165) is 5.56 Å². The van der Waals surface area contributed by atoms with Crippen LogP contribution in [0.3, 0.4) is 0 Å². The van der Waals surface area contributed by atoms with Crippen molar-refractivity contribution < 1.29 is 9.47 Å². The van der Waals surface area contributed by atoms with Gasteiger partial charge in [-0.05, 0) is 31.5 Å². The van der Waals surface area contributed by atoms with Crippen LogP contribution >= 0.6 is 0 Å². The predicted molar refractivity (Wildman–Crippen MR) is 72.2 cm³/mol. The maximum absolute atomic E-state index is 5.63. The zero-order valence-corrected chi connectivity index (χ0v) is 11.0. The number of hydrogen-bond donors (Lipinski definition) is 1. The van der Waals surface area contributed by atoms with Gasteiger partial charge in [0, 0.05) is 6.54 Å². The molecule has 0 spiro atoms. The van der Waals surface area contributed by atoms with Crippen molar-refractivity contribution in [2.24, 2.45) is 5.73 Å². The molecule has 1 aromatic heterocycles. The summed E-state index contributed by atoms with van der Waals surface area (Å²) in [7, 11) is 0. The molecule has 2 aromatic rings. The SMILES string of the molecule is CC(C)Oc1cc(Oc2ccc(CN)cc2)ncn1. The molecule has 5 nitrogen and oxygen atoms in total. The minimum absolute atomic E-state index is 0.0617. The molecule has 5 heteroatoms. The Morgan fingerprint density at radius 3 is 2.42 bits per heavy atom. The zero-order chi connectivity index (χ0) is 13.7. The molecule has 1 aromatic carbocycles. The molecule has 0 atom stereocenters. The van der Waals surface area contributed by atoms with E-state index >= 15 is 0 Å². The highest BCUT2D eigenvalue weighted by Gasteiger charge is 2.04. The molecular formula is C14H17N3O2. The number of nitrogens with two attached hydrogens (primary N) is 1. The highest BCUT2D eigenvalue weighted by Crippen LogP contribution is 2.22. The topological polar surface area (TPSA) is 70.3 Å². The van der Waals surface area contributed by atoms with Crippen LogP contribution in [0.5, 0.6) is 17.5 Å². The maximum Gasteiger partial charge on any atom is 0.226 e. The fourth-order valence-electron chi connectivity index (χ4n) is 1.50. The van der Waals surface area contributed by atoms with E-state index < -0.39 is 0 Å². The first-order chi connectivity index (χ1) is 9.17. The summed E-state index contributed by atoms with van der Waals surface area (Å²) < 4.78 is 11.1. The summed E-state index contributed by atoms with van der Waals surface area (Å²) in [6.07, 6.45) is 1.48. The van der Waals surface area contributed by atoms with E-state index in [-0.39, 0.29) is 6.10 Å². The Morgan fingerprint density at radius 1 is 1.11 bits per heavy atom. The number of ether oxygens (including phenoxy) is 2. The first kappa shape index (κ1) is 13.3. The van der Waals surface area contributed by atoms with Crippen LogP contribution in [0.1, 0.15) is 19.4 Å². The molecule has 0 bridgehead atoms. The molecule has 19 heavy (non-hydrogen) atoms. The quantitative estimate of drug-likeness (QED) is 0.893. The van der Waals surface area contributed by atoms with Crippen LogP contribution in [0.25, 0.3) is 0 Å². The molecule has 0 aliphatic rings. The normalized spacial score (nSPS) is 10.5. The van der Waals surface area contributed by atoms with Gasteiger partial charge >= 0.3 is 0 Å². The number of benzene rings is 1. The minimum atomic E-state index is 0.0617. The number of hydrogen-bond acceptors (Lipinski definition) is 5. The summed E-state index contributed by atoms with van der Waals surface area (Å²) in [5, 5.41) is 0. The summed E-state index contributed by atoms with van der Waals surface area (Å²) in [6.45, 7) is 4.39.